The fourth-order valence-electron chi connectivity index (χ4n) is 2.06. The maximum absolute atomic E-state index is 9.85. The van der Waals surface area contributed by atoms with E-state index in [0.29, 0.717) is 5.02 Å². The van der Waals surface area contributed by atoms with E-state index in [-0.39, 0.29) is 6.61 Å². The van der Waals surface area contributed by atoms with Crippen LogP contribution in [-0.2, 0) is 5.54 Å². The lowest BCUT2D eigenvalue weighted by Gasteiger charge is -2.31. The van der Waals surface area contributed by atoms with Gasteiger partial charge in [0.25, 0.3) is 0 Å². The number of rotatable bonds is 5. The van der Waals surface area contributed by atoms with Gasteiger partial charge in [-0.2, -0.15) is 0 Å². The molecule has 0 radical (unpaired) electrons. The Morgan fingerprint density at radius 3 is 2.67 bits per heavy atom. The molecule has 5 heteroatoms. The van der Waals surface area contributed by atoms with Crippen molar-refractivity contribution in [3.63, 3.8) is 0 Å². The highest BCUT2D eigenvalue weighted by atomic mass is 79.9. The Labute approximate surface area is 138 Å². The number of anilines is 1. The van der Waals surface area contributed by atoms with Gasteiger partial charge >= 0.3 is 0 Å². The van der Waals surface area contributed by atoms with E-state index in [4.69, 9.17) is 16.3 Å². The zero-order chi connectivity index (χ0) is 15.5. The van der Waals surface area contributed by atoms with Crippen molar-refractivity contribution >= 4 is 33.2 Å². The van der Waals surface area contributed by atoms with Crippen molar-refractivity contribution in [3.8, 4) is 5.75 Å². The first kappa shape index (κ1) is 16.1. The zero-order valence-corrected chi connectivity index (χ0v) is 14.2. The van der Waals surface area contributed by atoms with Crippen LogP contribution in [0, 0.1) is 0 Å². The molecule has 1 unspecified atom stereocenters. The first-order valence-electron chi connectivity index (χ1n) is 6.47. The van der Waals surface area contributed by atoms with Gasteiger partial charge < -0.3 is 15.2 Å². The van der Waals surface area contributed by atoms with Crippen LogP contribution >= 0.6 is 27.5 Å². The van der Waals surface area contributed by atoms with Crippen molar-refractivity contribution in [1.82, 2.24) is 0 Å². The summed E-state index contributed by atoms with van der Waals surface area (Å²) in [5, 5.41) is 13.8. The fourth-order valence-corrected chi connectivity index (χ4v) is 2.56. The minimum Gasteiger partial charge on any atom is -0.497 e. The molecule has 2 aromatic rings. The molecule has 0 aliphatic heterocycles. The second-order valence-corrected chi connectivity index (χ2v) is 6.24. The largest absolute Gasteiger partial charge is 0.497 e. The van der Waals surface area contributed by atoms with Crippen LogP contribution in [0.25, 0.3) is 0 Å². The monoisotopic (exact) mass is 369 g/mol. The molecule has 0 aromatic heterocycles. The number of halogens is 2. The summed E-state index contributed by atoms with van der Waals surface area (Å²) in [6.07, 6.45) is 0. The molecular weight excluding hydrogens is 354 g/mol. The number of benzene rings is 2. The highest BCUT2D eigenvalue weighted by Crippen LogP contribution is 2.31. The predicted octanol–water partition coefficient (Wildman–Crippen LogP) is 4.43. The molecule has 21 heavy (non-hydrogen) atoms. The summed E-state index contributed by atoms with van der Waals surface area (Å²) in [4.78, 5) is 0. The van der Waals surface area contributed by atoms with Gasteiger partial charge in [0.05, 0.1) is 24.3 Å². The normalized spacial score (nSPS) is 13.6. The van der Waals surface area contributed by atoms with E-state index in [9.17, 15) is 5.11 Å². The molecule has 0 spiro atoms. The Kier molecular flexibility index (Phi) is 5.14. The molecule has 2 N–H and O–H groups in total. The molecule has 1 atom stereocenters. The maximum atomic E-state index is 9.85. The van der Waals surface area contributed by atoms with Gasteiger partial charge in [-0.3, -0.25) is 0 Å². The van der Waals surface area contributed by atoms with Gasteiger partial charge in [0, 0.05) is 10.2 Å². The van der Waals surface area contributed by atoms with Gasteiger partial charge in [-0.15, -0.1) is 0 Å². The third kappa shape index (κ3) is 3.70. The Bertz CT molecular complexity index is 635. The zero-order valence-electron chi connectivity index (χ0n) is 11.9. The van der Waals surface area contributed by atoms with Gasteiger partial charge in [0.2, 0.25) is 0 Å². The highest BCUT2D eigenvalue weighted by molar-refractivity contribution is 9.10. The van der Waals surface area contributed by atoms with Gasteiger partial charge in [0.1, 0.15) is 5.75 Å². The smallest absolute Gasteiger partial charge is 0.119 e. The Morgan fingerprint density at radius 1 is 1.29 bits per heavy atom. The molecule has 0 amide bonds. The van der Waals surface area contributed by atoms with Crippen molar-refractivity contribution in [2.24, 2.45) is 0 Å². The quantitative estimate of drug-likeness (QED) is 0.818. The van der Waals surface area contributed by atoms with Crippen molar-refractivity contribution in [2.45, 2.75) is 12.5 Å². The van der Waals surface area contributed by atoms with Crippen LogP contribution in [0.5, 0.6) is 5.75 Å². The van der Waals surface area contributed by atoms with Crippen LogP contribution in [0.4, 0.5) is 5.69 Å². The number of nitrogens with one attached hydrogen (secondary N) is 1. The molecule has 0 aliphatic rings. The number of aliphatic hydroxyl groups excluding tert-OH is 1. The maximum Gasteiger partial charge on any atom is 0.119 e. The SMILES string of the molecule is COc1cccc(C(C)(CO)Nc2ccc(Cl)c(Br)c2)c1. The van der Waals surface area contributed by atoms with Crippen LogP contribution in [0.15, 0.2) is 46.9 Å². The average molecular weight is 371 g/mol. The molecule has 0 aliphatic carbocycles. The summed E-state index contributed by atoms with van der Waals surface area (Å²) in [5.74, 6) is 0.756. The van der Waals surface area contributed by atoms with E-state index in [1.807, 2.05) is 43.3 Å². The molecule has 112 valence electrons. The Morgan fingerprint density at radius 2 is 2.05 bits per heavy atom. The first-order valence-corrected chi connectivity index (χ1v) is 7.64. The summed E-state index contributed by atoms with van der Waals surface area (Å²) in [6, 6.07) is 13.2. The van der Waals surface area contributed by atoms with E-state index in [1.165, 1.54) is 0 Å². The number of methoxy groups -OCH3 is 1. The van der Waals surface area contributed by atoms with Crippen molar-refractivity contribution in [3.05, 3.63) is 57.5 Å². The van der Waals surface area contributed by atoms with Gasteiger partial charge in [0.15, 0.2) is 0 Å². The van der Waals surface area contributed by atoms with Crippen LogP contribution in [0.1, 0.15) is 12.5 Å². The molecule has 0 saturated heterocycles. The molecule has 0 bridgehead atoms. The lowest BCUT2D eigenvalue weighted by atomic mass is 9.92. The number of aliphatic hydroxyl groups is 1. The fraction of sp³-hybridized carbons (Fsp3) is 0.250. The van der Waals surface area contributed by atoms with E-state index in [2.05, 4.69) is 21.2 Å². The standard InChI is InChI=1S/C16H17BrClNO2/c1-16(10-20,11-4-3-5-13(8-11)21-2)19-12-6-7-15(18)14(17)9-12/h3-9,19-20H,10H2,1-2H3. The molecule has 3 nitrogen and oxygen atoms in total. The van der Waals surface area contributed by atoms with Gasteiger partial charge in [-0.05, 0) is 58.7 Å². The summed E-state index contributed by atoms with van der Waals surface area (Å²) < 4.78 is 6.05. The van der Waals surface area contributed by atoms with Crippen LogP contribution in [-0.4, -0.2) is 18.8 Å². The molecule has 0 fully saturated rings. The van der Waals surface area contributed by atoms with Crippen molar-refractivity contribution in [1.29, 1.82) is 0 Å². The Balaban J connectivity index is 2.33. The van der Waals surface area contributed by atoms with E-state index >= 15 is 0 Å². The van der Waals surface area contributed by atoms with Gasteiger partial charge in [-0.1, -0.05) is 23.7 Å². The van der Waals surface area contributed by atoms with Crippen LogP contribution in [0.2, 0.25) is 5.02 Å². The topological polar surface area (TPSA) is 41.5 Å². The van der Waals surface area contributed by atoms with Crippen molar-refractivity contribution < 1.29 is 9.84 Å². The molecule has 2 rings (SSSR count). The molecule has 0 heterocycles. The van der Waals surface area contributed by atoms with Crippen LogP contribution < -0.4 is 10.1 Å². The van der Waals surface area contributed by atoms with Gasteiger partial charge in [-0.25, -0.2) is 0 Å². The average Bonchev–Trinajstić information content (AvgIpc) is 2.51. The lowest BCUT2D eigenvalue weighted by molar-refractivity contribution is 0.223. The third-order valence-electron chi connectivity index (χ3n) is 3.36. The second-order valence-electron chi connectivity index (χ2n) is 4.98. The number of hydrogen-bond acceptors (Lipinski definition) is 3. The third-order valence-corrected chi connectivity index (χ3v) is 4.58. The summed E-state index contributed by atoms with van der Waals surface area (Å²) in [5.41, 5.74) is 1.18. The summed E-state index contributed by atoms with van der Waals surface area (Å²) >= 11 is 9.40. The Hall–Kier alpha value is -1.23. The van der Waals surface area contributed by atoms with E-state index in [0.717, 1.165) is 21.5 Å². The van der Waals surface area contributed by atoms with Crippen LogP contribution in [0.3, 0.4) is 0 Å². The van der Waals surface area contributed by atoms with E-state index < -0.39 is 5.54 Å². The first-order chi connectivity index (χ1) is 9.98. The summed E-state index contributed by atoms with van der Waals surface area (Å²) in [7, 11) is 1.62. The summed E-state index contributed by atoms with van der Waals surface area (Å²) in [6.45, 7) is 1.88. The van der Waals surface area contributed by atoms with Crippen molar-refractivity contribution in [2.75, 3.05) is 19.0 Å². The minimum absolute atomic E-state index is 0.0551. The number of hydrogen-bond donors (Lipinski definition) is 2. The molecule has 2 aromatic carbocycles. The molecular formula is C16H17BrClNO2. The highest BCUT2D eigenvalue weighted by Gasteiger charge is 2.26. The predicted molar refractivity (Wildman–Crippen MR) is 90.2 cm³/mol. The number of ether oxygens (including phenoxy) is 1. The molecule has 0 saturated carbocycles. The lowest BCUT2D eigenvalue weighted by Crippen LogP contribution is -2.35. The minimum atomic E-state index is -0.623. The van der Waals surface area contributed by atoms with E-state index in [1.54, 1.807) is 13.2 Å². The second kappa shape index (κ2) is 6.69.